The molecule has 0 aliphatic carbocycles. The van der Waals surface area contributed by atoms with Crippen molar-refractivity contribution in [3.05, 3.63) is 70.2 Å². The topological polar surface area (TPSA) is 74.7 Å². The van der Waals surface area contributed by atoms with Crippen molar-refractivity contribution < 1.29 is 22.8 Å². The quantitative estimate of drug-likeness (QED) is 0.463. The number of benzene rings is 2. The Morgan fingerprint density at radius 1 is 1.24 bits per heavy atom. The molecule has 1 saturated heterocycles. The van der Waals surface area contributed by atoms with Gasteiger partial charge in [-0.15, -0.1) is 0 Å². The number of fused-ring (bicyclic) bond motifs is 1. The minimum absolute atomic E-state index is 0.0107. The van der Waals surface area contributed by atoms with Crippen molar-refractivity contribution in [2.24, 2.45) is 4.99 Å². The number of anilines is 1. The summed E-state index contributed by atoms with van der Waals surface area (Å²) >= 11 is 7.24. The molecule has 6 nitrogen and oxygen atoms in total. The third-order valence-corrected chi connectivity index (χ3v) is 6.07. The van der Waals surface area contributed by atoms with E-state index < -0.39 is 12.1 Å². The summed E-state index contributed by atoms with van der Waals surface area (Å²) in [4.78, 5) is 33.7. The van der Waals surface area contributed by atoms with Crippen LogP contribution in [0.15, 0.2) is 64.6 Å². The number of amidine groups is 1. The molecule has 4 rings (SSSR count). The number of thioether (sulfide) groups is 1. The summed E-state index contributed by atoms with van der Waals surface area (Å²) in [7, 11) is 0. The summed E-state index contributed by atoms with van der Waals surface area (Å²) < 4.78 is 38.8. The van der Waals surface area contributed by atoms with Crippen LogP contribution in [0.25, 0.3) is 17.0 Å². The Morgan fingerprint density at radius 3 is 2.76 bits per heavy atom. The number of amides is 2. The zero-order valence-corrected chi connectivity index (χ0v) is 19.1. The van der Waals surface area contributed by atoms with Gasteiger partial charge in [0.25, 0.3) is 5.91 Å². The molecule has 1 N–H and O–H groups in total. The van der Waals surface area contributed by atoms with Crippen LogP contribution in [-0.4, -0.2) is 34.7 Å². The van der Waals surface area contributed by atoms with Crippen molar-refractivity contribution in [2.75, 3.05) is 11.4 Å². The molecule has 0 atom stereocenters. The number of pyridine rings is 1. The van der Waals surface area contributed by atoms with Gasteiger partial charge in [-0.1, -0.05) is 23.7 Å². The monoisotopic (exact) mass is 504 g/mol. The first kappa shape index (κ1) is 23.8. The van der Waals surface area contributed by atoms with Crippen molar-refractivity contribution in [2.45, 2.75) is 13.1 Å². The van der Waals surface area contributed by atoms with Crippen LogP contribution in [0.2, 0.25) is 5.02 Å². The largest absolute Gasteiger partial charge is 0.471 e. The highest BCUT2D eigenvalue weighted by atomic mass is 35.5. The number of hydrogen-bond donors (Lipinski definition) is 1. The van der Waals surface area contributed by atoms with Crippen molar-refractivity contribution >= 4 is 68.7 Å². The van der Waals surface area contributed by atoms with Gasteiger partial charge in [0.2, 0.25) is 0 Å². The van der Waals surface area contributed by atoms with E-state index in [0.29, 0.717) is 9.81 Å². The summed E-state index contributed by atoms with van der Waals surface area (Å²) in [6, 6.07) is 13.2. The van der Waals surface area contributed by atoms with Gasteiger partial charge in [0, 0.05) is 23.8 Å². The van der Waals surface area contributed by atoms with E-state index in [2.05, 4.69) is 15.3 Å². The fourth-order valence-corrected chi connectivity index (χ4v) is 4.27. The van der Waals surface area contributed by atoms with Gasteiger partial charge in [0.1, 0.15) is 0 Å². The van der Waals surface area contributed by atoms with E-state index >= 15 is 0 Å². The Morgan fingerprint density at radius 2 is 2.03 bits per heavy atom. The number of carbonyl (C=O) groups excluding carboxylic acids is 2. The number of nitrogens with one attached hydrogen (secondary N) is 1. The SMILES string of the molecule is CCN(C(=O)C(F)(F)F)c1ccc(Cl)c(N=C2NC(=O)C(=Cc3ccc4ncccc4c3)S2)c1. The second-order valence-corrected chi connectivity index (χ2v) is 8.56. The number of alkyl halides is 3. The maximum Gasteiger partial charge on any atom is 0.471 e. The standard InChI is InChI=1S/C23H16ClF3N4O2S/c1-2-31(21(33)23(25,26)27)15-6-7-16(24)18(12-15)29-22-30-20(32)19(34-22)11-13-5-8-17-14(10-13)4-3-9-28-17/h3-12H,2H2,1H3,(H,29,30,32). The van der Waals surface area contributed by atoms with Gasteiger partial charge < -0.3 is 10.2 Å². The predicted octanol–water partition coefficient (Wildman–Crippen LogP) is 5.70. The Bertz CT molecular complexity index is 1360. The molecule has 11 heteroatoms. The van der Waals surface area contributed by atoms with Crippen molar-refractivity contribution in [3.63, 3.8) is 0 Å². The lowest BCUT2D eigenvalue weighted by Crippen LogP contribution is -2.41. The van der Waals surface area contributed by atoms with Crippen molar-refractivity contribution in [1.29, 1.82) is 0 Å². The molecule has 1 aromatic heterocycles. The van der Waals surface area contributed by atoms with Crippen LogP contribution in [0, 0.1) is 0 Å². The van der Waals surface area contributed by atoms with Gasteiger partial charge in [0.05, 0.1) is 21.1 Å². The molecule has 1 aliphatic rings. The highest BCUT2D eigenvalue weighted by Crippen LogP contribution is 2.35. The first-order valence-corrected chi connectivity index (χ1v) is 11.2. The lowest BCUT2D eigenvalue weighted by Gasteiger charge is -2.22. The summed E-state index contributed by atoms with van der Waals surface area (Å²) in [5, 5.41) is 3.91. The van der Waals surface area contributed by atoms with Gasteiger partial charge >= 0.3 is 12.1 Å². The molecule has 0 radical (unpaired) electrons. The molecule has 34 heavy (non-hydrogen) atoms. The molecular weight excluding hydrogens is 489 g/mol. The molecule has 3 aromatic rings. The minimum atomic E-state index is -5.02. The van der Waals surface area contributed by atoms with Crippen LogP contribution in [0.1, 0.15) is 12.5 Å². The van der Waals surface area contributed by atoms with Gasteiger partial charge in [0.15, 0.2) is 5.17 Å². The average molecular weight is 505 g/mol. The normalized spacial score (nSPS) is 16.3. The first-order valence-electron chi connectivity index (χ1n) is 9.98. The number of aromatic nitrogens is 1. The van der Waals surface area contributed by atoms with E-state index in [1.54, 1.807) is 12.3 Å². The molecule has 1 aliphatic heterocycles. The van der Waals surface area contributed by atoms with Crippen LogP contribution in [0.3, 0.4) is 0 Å². The zero-order chi connectivity index (χ0) is 24.5. The molecule has 0 spiro atoms. The maximum absolute atomic E-state index is 12.9. The molecule has 0 bridgehead atoms. The summed E-state index contributed by atoms with van der Waals surface area (Å²) in [5.41, 5.74) is 1.73. The summed E-state index contributed by atoms with van der Waals surface area (Å²) in [6.07, 6.45) is -1.62. The molecule has 174 valence electrons. The molecule has 2 amide bonds. The number of halogens is 4. The highest BCUT2D eigenvalue weighted by molar-refractivity contribution is 8.18. The number of aliphatic imine (C=N–C) groups is 1. The van der Waals surface area contributed by atoms with Crippen molar-refractivity contribution in [3.8, 4) is 0 Å². The zero-order valence-electron chi connectivity index (χ0n) is 17.6. The van der Waals surface area contributed by atoms with E-state index in [0.717, 1.165) is 28.2 Å². The second kappa shape index (κ2) is 9.47. The predicted molar refractivity (Wildman–Crippen MR) is 128 cm³/mol. The van der Waals surface area contributed by atoms with Crippen molar-refractivity contribution in [1.82, 2.24) is 10.3 Å². The number of carbonyl (C=O) groups is 2. The molecule has 0 unspecified atom stereocenters. The third-order valence-electron chi connectivity index (χ3n) is 4.84. The molecular formula is C23H16ClF3N4O2S. The highest BCUT2D eigenvalue weighted by Gasteiger charge is 2.42. The Balaban J connectivity index is 1.61. The molecule has 2 heterocycles. The lowest BCUT2D eigenvalue weighted by atomic mass is 10.1. The van der Waals surface area contributed by atoms with Crippen LogP contribution >= 0.6 is 23.4 Å². The fourth-order valence-electron chi connectivity index (χ4n) is 3.28. The van der Waals surface area contributed by atoms with E-state index in [1.807, 2.05) is 30.3 Å². The number of nitrogens with zero attached hydrogens (tertiary/aromatic N) is 3. The Hall–Kier alpha value is -3.37. The Labute approximate surface area is 201 Å². The third kappa shape index (κ3) is 5.07. The summed E-state index contributed by atoms with van der Waals surface area (Å²) in [6.45, 7) is 1.23. The molecule has 1 fully saturated rings. The van der Waals surface area contributed by atoms with Gasteiger partial charge in [-0.25, -0.2) is 4.99 Å². The number of hydrogen-bond acceptors (Lipinski definition) is 5. The van der Waals surface area contributed by atoms with Crippen LogP contribution in [-0.2, 0) is 9.59 Å². The Kier molecular flexibility index (Phi) is 6.63. The molecule has 2 aromatic carbocycles. The van der Waals surface area contributed by atoms with Gasteiger partial charge in [-0.05, 0) is 66.7 Å². The molecule has 0 saturated carbocycles. The van der Waals surface area contributed by atoms with E-state index in [-0.39, 0.29) is 34.0 Å². The average Bonchev–Trinajstić information content (AvgIpc) is 3.14. The van der Waals surface area contributed by atoms with Crippen LogP contribution < -0.4 is 10.2 Å². The van der Waals surface area contributed by atoms with E-state index in [9.17, 15) is 22.8 Å². The summed E-state index contributed by atoms with van der Waals surface area (Å²) in [5.74, 6) is -2.36. The van der Waals surface area contributed by atoms with Crippen LogP contribution in [0.5, 0.6) is 0 Å². The van der Waals surface area contributed by atoms with E-state index in [4.69, 9.17) is 11.6 Å². The van der Waals surface area contributed by atoms with Gasteiger partial charge in [-0.3, -0.25) is 14.6 Å². The smallest absolute Gasteiger partial charge is 0.305 e. The fraction of sp³-hybridized carbons (Fsp3) is 0.130. The van der Waals surface area contributed by atoms with Crippen LogP contribution in [0.4, 0.5) is 24.5 Å². The minimum Gasteiger partial charge on any atom is -0.305 e. The number of rotatable bonds is 4. The maximum atomic E-state index is 12.9. The van der Waals surface area contributed by atoms with Gasteiger partial charge in [-0.2, -0.15) is 13.2 Å². The first-order chi connectivity index (χ1) is 16.2. The van der Waals surface area contributed by atoms with E-state index in [1.165, 1.54) is 25.1 Å². The lowest BCUT2D eigenvalue weighted by molar-refractivity contribution is -0.170. The second-order valence-electron chi connectivity index (χ2n) is 7.12.